The van der Waals surface area contributed by atoms with Gasteiger partial charge in [0.2, 0.25) is 5.88 Å². The summed E-state index contributed by atoms with van der Waals surface area (Å²) in [6.45, 7) is 7.59. The number of hydrogen-bond acceptors (Lipinski definition) is 5. The summed E-state index contributed by atoms with van der Waals surface area (Å²) in [5.41, 5.74) is 3.54. The molecule has 1 aromatic carbocycles. The van der Waals surface area contributed by atoms with Gasteiger partial charge in [0.1, 0.15) is 5.75 Å². The van der Waals surface area contributed by atoms with Crippen LogP contribution < -0.4 is 4.74 Å². The van der Waals surface area contributed by atoms with E-state index in [1.54, 1.807) is 25.5 Å². The quantitative estimate of drug-likeness (QED) is 0.661. The number of rotatable bonds is 3. The second kappa shape index (κ2) is 6.57. The smallest absolute Gasteiger partial charge is 0.291 e. The molecule has 0 N–H and O–H groups in total. The van der Waals surface area contributed by atoms with Gasteiger partial charge >= 0.3 is 0 Å². The molecule has 0 radical (unpaired) electrons. The SMILES string of the molecule is C=C1N=NC(=O)C(C)=C1c1ccc(Oc2nccc3ccncc23)cc1C. The minimum absolute atomic E-state index is 0.343. The fourth-order valence-electron chi connectivity index (χ4n) is 3.07. The monoisotopic (exact) mass is 356 g/mol. The van der Waals surface area contributed by atoms with Gasteiger partial charge in [-0.3, -0.25) is 9.78 Å². The van der Waals surface area contributed by atoms with Gasteiger partial charge in [-0.2, -0.15) is 0 Å². The van der Waals surface area contributed by atoms with Gasteiger partial charge in [-0.15, -0.1) is 10.2 Å². The summed E-state index contributed by atoms with van der Waals surface area (Å²) >= 11 is 0. The summed E-state index contributed by atoms with van der Waals surface area (Å²) in [5, 5.41) is 9.29. The molecule has 2 aromatic heterocycles. The Morgan fingerprint density at radius 3 is 2.67 bits per heavy atom. The normalized spacial score (nSPS) is 14.1. The maximum atomic E-state index is 11.9. The summed E-state index contributed by atoms with van der Waals surface area (Å²) in [7, 11) is 0. The van der Waals surface area contributed by atoms with Crippen LogP contribution in [0.4, 0.5) is 0 Å². The fraction of sp³-hybridized carbons (Fsp3) is 0.0952. The van der Waals surface area contributed by atoms with Crippen LogP contribution in [0.5, 0.6) is 11.6 Å². The molecule has 3 heterocycles. The van der Waals surface area contributed by atoms with E-state index in [0.717, 1.165) is 21.9 Å². The number of aromatic nitrogens is 2. The number of allylic oxidation sites excluding steroid dienone is 1. The van der Waals surface area contributed by atoms with Crippen molar-refractivity contribution in [3.05, 3.63) is 77.9 Å². The number of ether oxygens (including phenoxy) is 1. The molecule has 0 bridgehead atoms. The molecule has 0 saturated heterocycles. The van der Waals surface area contributed by atoms with E-state index in [4.69, 9.17) is 4.74 Å². The number of aryl methyl sites for hydroxylation is 1. The predicted molar refractivity (Wildman–Crippen MR) is 102 cm³/mol. The Hall–Kier alpha value is -3.67. The van der Waals surface area contributed by atoms with Crippen molar-refractivity contribution in [1.82, 2.24) is 9.97 Å². The number of amides is 1. The van der Waals surface area contributed by atoms with Crippen LogP contribution in [0.1, 0.15) is 18.1 Å². The van der Waals surface area contributed by atoms with E-state index in [0.29, 0.717) is 28.5 Å². The molecule has 1 aliphatic rings. The highest BCUT2D eigenvalue weighted by molar-refractivity contribution is 6.05. The van der Waals surface area contributed by atoms with E-state index in [9.17, 15) is 4.79 Å². The zero-order valence-corrected chi connectivity index (χ0v) is 14.9. The molecular formula is C21H16N4O2. The van der Waals surface area contributed by atoms with Crippen LogP contribution in [0.3, 0.4) is 0 Å². The van der Waals surface area contributed by atoms with Gasteiger partial charge in [-0.05, 0) is 54.6 Å². The maximum Gasteiger partial charge on any atom is 0.291 e. The van der Waals surface area contributed by atoms with Gasteiger partial charge in [-0.1, -0.05) is 12.6 Å². The predicted octanol–water partition coefficient (Wildman–Crippen LogP) is 5.01. The van der Waals surface area contributed by atoms with E-state index in [1.807, 2.05) is 37.3 Å². The molecule has 0 saturated carbocycles. The van der Waals surface area contributed by atoms with Crippen LogP contribution in [0.25, 0.3) is 16.3 Å². The number of benzene rings is 1. The highest BCUT2D eigenvalue weighted by Gasteiger charge is 2.21. The lowest BCUT2D eigenvalue weighted by atomic mass is 9.93. The van der Waals surface area contributed by atoms with Crippen LogP contribution in [-0.2, 0) is 4.79 Å². The van der Waals surface area contributed by atoms with Crippen molar-refractivity contribution < 1.29 is 9.53 Å². The fourth-order valence-corrected chi connectivity index (χ4v) is 3.07. The molecule has 132 valence electrons. The number of fused-ring (bicyclic) bond motifs is 1. The third-order valence-corrected chi connectivity index (χ3v) is 4.46. The molecule has 1 aliphatic heterocycles. The largest absolute Gasteiger partial charge is 0.438 e. The lowest BCUT2D eigenvalue weighted by Gasteiger charge is -2.16. The van der Waals surface area contributed by atoms with Gasteiger partial charge in [0.15, 0.2) is 0 Å². The molecule has 0 atom stereocenters. The first-order valence-electron chi connectivity index (χ1n) is 8.38. The molecule has 0 spiro atoms. The van der Waals surface area contributed by atoms with Crippen LogP contribution in [0, 0.1) is 6.92 Å². The van der Waals surface area contributed by atoms with Gasteiger partial charge in [0, 0.05) is 29.7 Å². The zero-order valence-electron chi connectivity index (χ0n) is 14.9. The number of nitrogens with zero attached hydrogens (tertiary/aromatic N) is 4. The van der Waals surface area contributed by atoms with Crippen LogP contribution in [0.2, 0.25) is 0 Å². The van der Waals surface area contributed by atoms with E-state index in [1.165, 1.54) is 0 Å². The molecule has 0 fully saturated rings. The number of hydrogen-bond donors (Lipinski definition) is 0. The Morgan fingerprint density at radius 2 is 1.85 bits per heavy atom. The maximum absolute atomic E-state index is 11.9. The van der Waals surface area contributed by atoms with Crippen molar-refractivity contribution in [2.75, 3.05) is 0 Å². The number of pyridine rings is 2. The van der Waals surface area contributed by atoms with Crippen LogP contribution >= 0.6 is 0 Å². The van der Waals surface area contributed by atoms with Crippen LogP contribution in [0.15, 0.2) is 77.0 Å². The second-order valence-corrected chi connectivity index (χ2v) is 6.24. The molecule has 0 aliphatic carbocycles. The highest BCUT2D eigenvalue weighted by atomic mass is 16.5. The Balaban J connectivity index is 1.71. The zero-order chi connectivity index (χ0) is 19.0. The lowest BCUT2D eigenvalue weighted by molar-refractivity contribution is -0.114. The van der Waals surface area contributed by atoms with E-state index < -0.39 is 0 Å². The molecule has 6 nitrogen and oxygen atoms in total. The Labute approximate surface area is 156 Å². The molecular weight excluding hydrogens is 340 g/mol. The summed E-state index contributed by atoms with van der Waals surface area (Å²) in [4.78, 5) is 20.3. The topological polar surface area (TPSA) is 76.8 Å². The lowest BCUT2D eigenvalue weighted by Crippen LogP contribution is -2.06. The Morgan fingerprint density at radius 1 is 1.04 bits per heavy atom. The number of carbonyl (C=O) groups is 1. The molecule has 0 unspecified atom stereocenters. The Bertz CT molecular complexity index is 1160. The van der Waals surface area contributed by atoms with Crippen molar-refractivity contribution in [2.24, 2.45) is 10.2 Å². The number of carbonyl (C=O) groups excluding carboxylic acids is 1. The molecule has 1 amide bonds. The van der Waals surface area contributed by atoms with Crippen molar-refractivity contribution in [2.45, 2.75) is 13.8 Å². The second-order valence-electron chi connectivity index (χ2n) is 6.24. The average molecular weight is 356 g/mol. The average Bonchev–Trinajstić information content (AvgIpc) is 2.67. The van der Waals surface area contributed by atoms with Gasteiger partial charge < -0.3 is 4.74 Å². The minimum Gasteiger partial charge on any atom is -0.438 e. The van der Waals surface area contributed by atoms with Crippen molar-refractivity contribution in [1.29, 1.82) is 0 Å². The number of azo groups is 1. The first kappa shape index (κ1) is 16.8. The molecule has 3 aromatic rings. The van der Waals surface area contributed by atoms with E-state index >= 15 is 0 Å². The van der Waals surface area contributed by atoms with E-state index in [-0.39, 0.29) is 5.91 Å². The van der Waals surface area contributed by atoms with Gasteiger partial charge in [0.05, 0.1) is 11.1 Å². The molecule has 6 heteroatoms. The van der Waals surface area contributed by atoms with Crippen LogP contribution in [-0.4, -0.2) is 15.9 Å². The molecule has 4 rings (SSSR count). The first-order chi connectivity index (χ1) is 13.0. The van der Waals surface area contributed by atoms with Gasteiger partial charge in [0.25, 0.3) is 5.91 Å². The molecule has 27 heavy (non-hydrogen) atoms. The van der Waals surface area contributed by atoms with Gasteiger partial charge in [-0.25, -0.2) is 4.98 Å². The van der Waals surface area contributed by atoms with E-state index in [2.05, 4.69) is 26.8 Å². The third-order valence-electron chi connectivity index (χ3n) is 4.46. The minimum atomic E-state index is -0.343. The summed E-state index contributed by atoms with van der Waals surface area (Å²) in [6, 6.07) is 9.45. The Kier molecular flexibility index (Phi) is 4.08. The standard InChI is InChI=1S/C21H16N4O2/c1-12-10-16(27-21-18-11-22-8-6-15(18)7-9-23-21)4-5-17(12)19-13(2)20(26)25-24-14(19)3/h4-11H,3H2,1-2H3. The third kappa shape index (κ3) is 3.01. The summed E-state index contributed by atoms with van der Waals surface area (Å²) in [6.07, 6.45) is 5.17. The van der Waals surface area contributed by atoms with Crippen molar-refractivity contribution in [3.8, 4) is 11.6 Å². The summed E-state index contributed by atoms with van der Waals surface area (Å²) < 4.78 is 5.99. The van der Waals surface area contributed by atoms with Crippen molar-refractivity contribution >= 4 is 22.3 Å². The van der Waals surface area contributed by atoms with Crippen molar-refractivity contribution in [3.63, 3.8) is 0 Å². The first-order valence-corrected chi connectivity index (χ1v) is 8.38. The highest BCUT2D eigenvalue weighted by Crippen LogP contribution is 2.35. The summed E-state index contributed by atoms with van der Waals surface area (Å²) in [5.74, 6) is 0.798.